The van der Waals surface area contributed by atoms with E-state index in [-0.39, 0.29) is 0 Å². The molecule has 0 atom stereocenters. The highest BCUT2D eigenvalue weighted by Gasteiger charge is 2.15. The number of carbonyl (C=O) groups is 1. The molecule has 2 aromatic carbocycles. The second-order valence-corrected chi connectivity index (χ2v) is 7.38. The van der Waals surface area contributed by atoms with E-state index in [1.165, 1.54) is 0 Å². The van der Waals surface area contributed by atoms with E-state index in [1.807, 2.05) is 32.0 Å². The van der Waals surface area contributed by atoms with Gasteiger partial charge in [0.15, 0.2) is 18.1 Å². The van der Waals surface area contributed by atoms with Crippen LogP contribution in [-0.2, 0) is 4.79 Å². The summed E-state index contributed by atoms with van der Waals surface area (Å²) in [6.45, 7) is 3.74. The van der Waals surface area contributed by atoms with Gasteiger partial charge in [0.1, 0.15) is 11.9 Å². The van der Waals surface area contributed by atoms with E-state index in [2.05, 4.69) is 38.6 Å². The molecule has 0 spiro atoms. The highest BCUT2D eigenvalue weighted by Crippen LogP contribution is 2.35. The van der Waals surface area contributed by atoms with Crippen molar-refractivity contribution in [3.8, 4) is 17.6 Å². The average molecular weight is 503 g/mol. The summed E-state index contributed by atoms with van der Waals surface area (Å²) in [4.78, 5) is 18.5. The molecule has 1 heterocycles. The number of H-pyrrole nitrogens is 1. The van der Waals surface area contributed by atoms with Gasteiger partial charge in [-0.1, -0.05) is 6.07 Å². The number of hydrogen-bond acceptors (Lipinski definition) is 5. The van der Waals surface area contributed by atoms with Gasteiger partial charge < -0.3 is 19.6 Å². The van der Waals surface area contributed by atoms with Gasteiger partial charge in [-0.3, -0.25) is 0 Å². The number of aryl methyl sites for hydroxylation is 1. The third-order valence-corrected chi connectivity index (χ3v) is 4.80. The Bertz CT molecular complexity index is 1140. The average Bonchev–Trinajstić information content (AvgIpc) is 3.08. The normalized spacial score (nSPS) is 11.3. The van der Waals surface area contributed by atoms with E-state index in [1.54, 1.807) is 18.2 Å². The Morgan fingerprint density at radius 3 is 2.83 bits per heavy atom. The van der Waals surface area contributed by atoms with Crippen LogP contribution in [0.5, 0.6) is 11.5 Å². The first-order chi connectivity index (χ1) is 13.9. The molecule has 0 bridgehead atoms. The van der Waals surface area contributed by atoms with Gasteiger partial charge in [0.05, 0.1) is 26.8 Å². The molecule has 0 fully saturated rings. The molecule has 8 heteroatoms. The zero-order valence-corrected chi connectivity index (χ0v) is 18.0. The minimum absolute atomic E-state index is 0.365. The monoisotopic (exact) mass is 503 g/mol. The summed E-state index contributed by atoms with van der Waals surface area (Å²) >= 11 is 2.05. The minimum atomic E-state index is -1.07. The van der Waals surface area contributed by atoms with E-state index < -0.39 is 12.6 Å². The predicted molar refractivity (Wildman–Crippen MR) is 118 cm³/mol. The molecule has 3 aromatic rings. The van der Waals surface area contributed by atoms with Crippen molar-refractivity contribution in [2.45, 2.75) is 13.8 Å². The van der Waals surface area contributed by atoms with Crippen LogP contribution in [0.1, 0.15) is 23.9 Å². The molecule has 7 nitrogen and oxygen atoms in total. The van der Waals surface area contributed by atoms with Crippen molar-refractivity contribution in [1.29, 1.82) is 5.26 Å². The summed E-state index contributed by atoms with van der Waals surface area (Å²) in [7, 11) is 0. The van der Waals surface area contributed by atoms with Crippen LogP contribution in [0.2, 0.25) is 0 Å². The van der Waals surface area contributed by atoms with Crippen molar-refractivity contribution in [2.24, 2.45) is 0 Å². The lowest BCUT2D eigenvalue weighted by molar-refractivity contribution is -0.139. The number of aromatic nitrogens is 2. The number of benzene rings is 2. The summed E-state index contributed by atoms with van der Waals surface area (Å²) in [6.07, 6.45) is 1.70. The van der Waals surface area contributed by atoms with Crippen LogP contribution < -0.4 is 9.47 Å². The first-order valence-electron chi connectivity index (χ1n) is 8.80. The molecule has 0 saturated heterocycles. The van der Waals surface area contributed by atoms with Crippen molar-refractivity contribution >= 4 is 51.2 Å². The maximum Gasteiger partial charge on any atom is 0.341 e. The van der Waals surface area contributed by atoms with Crippen LogP contribution in [0, 0.1) is 21.8 Å². The summed E-state index contributed by atoms with van der Waals surface area (Å²) < 4.78 is 11.7. The molecule has 0 aliphatic heterocycles. The van der Waals surface area contributed by atoms with E-state index in [4.69, 9.17) is 14.6 Å². The van der Waals surface area contributed by atoms with Crippen LogP contribution in [0.15, 0.2) is 30.3 Å². The van der Waals surface area contributed by atoms with Gasteiger partial charge >= 0.3 is 5.97 Å². The number of carboxylic acid groups (broad SMARTS) is 1. The Labute approximate surface area is 181 Å². The standard InChI is InChI=1S/C21H18IN3O4/c1-3-28-18-9-13(8-15(22)20(18)29-11-19(26)27)7-14(10-23)21-24-16-5-4-12(2)6-17(16)25-21/h4-9H,3,11H2,1-2H3,(H,24,25)(H,26,27)/b14-7-. The zero-order chi connectivity index (χ0) is 21.0. The third-order valence-electron chi connectivity index (χ3n) is 4.00. The molecule has 0 unspecified atom stereocenters. The smallest absolute Gasteiger partial charge is 0.341 e. The summed E-state index contributed by atoms with van der Waals surface area (Å²) in [5.74, 6) is 0.195. The van der Waals surface area contributed by atoms with E-state index >= 15 is 0 Å². The molecule has 0 saturated carbocycles. The number of nitriles is 1. The van der Waals surface area contributed by atoms with E-state index in [0.717, 1.165) is 16.6 Å². The third kappa shape index (κ3) is 4.86. The van der Waals surface area contributed by atoms with Gasteiger partial charge in [0.25, 0.3) is 0 Å². The number of nitrogens with one attached hydrogen (secondary N) is 1. The zero-order valence-electron chi connectivity index (χ0n) is 15.8. The molecule has 0 radical (unpaired) electrons. The van der Waals surface area contributed by atoms with Crippen molar-refractivity contribution in [2.75, 3.05) is 13.2 Å². The number of ether oxygens (including phenoxy) is 2. The molecule has 0 amide bonds. The summed E-state index contributed by atoms with van der Waals surface area (Å²) in [5, 5.41) is 18.5. The van der Waals surface area contributed by atoms with Crippen LogP contribution in [0.25, 0.3) is 22.7 Å². The highest BCUT2D eigenvalue weighted by molar-refractivity contribution is 14.1. The lowest BCUT2D eigenvalue weighted by Crippen LogP contribution is -2.11. The molecule has 3 rings (SSSR count). The van der Waals surface area contributed by atoms with Crippen molar-refractivity contribution in [3.63, 3.8) is 0 Å². The maximum absolute atomic E-state index is 10.8. The van der Waals surface area contributed by atoms with Crippen LogP contribution >= 0.6 is 22.6 Å². The number of fused-ring (bicyclic) bond motifs is 1. The van der Waals surface area contributed by atoms with E-state index in [9.17, 15) is 10.1 Å². The first kappa shape index (κ1) is 20.7. The van der Waals surface area contributed by atoms with Gasteiger partial charge in [-0.2, -0.15) is 5.26 Å². The number of nitrogens with zero attached hydrogens (tertiary/aromatic N) is 2. The molecule has 0 aliphatic carbocycles. The second kappa shape index (κ2) is 8.96. The number of carboxylic acids is 1. The van der Waals surface area contributed by atoms with Gasteiger partial charge in [0, 0.05) is 0 Å². The van der Waals surface area contributed by atoms with Crippen LogP contribution in [-0.4, -0.2) is 34.3 Å². The van der Waals surface area contributed by atoms with Gasteiger partial charge in [-0.05, 0) is 77.9 Å². The number of aliphatic carboxylic acids is 1. The number of hydrogen-bond donors (Lipinski definition) is 2. The largest absolute Gasteiger partial charge is 0.490 e. The first-order valence-corrected chi connectivity index (χ1v) is 9.88. The summed E-state index contributed by atoms with van der Waals surface area (Å²) in [5.41, 5.74) is 3.84. The van der Waals surface area contributed by atoms with Crippen LogP contribution in [0.4, 0.5) is 0 Å². The Morgan fingerprint density at radius 1 is 1.34 bits per heavy atom. The topological polar surface area (TPSA) is 108 Å². The van der Waals surface area contributed by atoms with Gasteiger partial charge in [-0.25, -0.2) is 9.78 Å². The Hall–Kier alpha value is -3.06. The molecular weight excluding hydrogens is 485 g/mol. The fourth-order valence-electron chi connectivity index (χ4n) is 2.78. The van der Waals surface area contributed by atoms with E-state index in [0.29, 0.717) is 38.6 Å². The Kier molecular flexibility index (Phi) is 6.39. The number of halogens is 1. The molecular formula is C21H18IN3O4. The van der Waals surface area contributed by atoms with Crippen LogP contribution in [0.3, 0.4) is 0 Å². The molecule has 148 valence electrons. The van der Waals surface area contributed by atoms with Gasteiger partial charge in [-0.15, -0.1) is 0 Å². The molecule has 1 aromatic heterocycles. The number of aromatic amines is 1. The fraction of sp³-hybridized carbons (Fsp3) is 0.190. The number of rotatable bonds is 7. The minimum Gasteiger partial charge on any atom is -0.490 e. The molecule has 29 heavy (non-hydrogen) atoms. The second-order valence-electron chi connectivity index (χ2n) is 6.22. The maximum atomic E-state index is 10.8. The lowest BCUT2D eigenvalue weighted by atomic mass is 10.1. The fourth-order valence-corrected chi connectivity index (χ4v) is 3.56. The van der Waals surface area contributed by atoms with Crippen molar-refractivity contribution in [3.05, 3.63) is 50.9 Å². The number of imidazole rings is 1. The quantitative estimate of drug-likeness (QED) is 0.366. The highest BCUT2D eigenvalue weighted by atomic mass is 127. The Balaban J connectivity index is 2.01. The van der Waals surface area contributed by atoms with Gasteiger partial charge in [0.2, 0.25) is 0 Å². The SMILES string of the molecule is CCOc1cc(/C=C(/C#N)c2nc3ccc(C)cc3[nH]2)cc(I)c1OCC(=O)O. The Morgan fingerprint density at radius 2 is 2.14 bits per heavy atom. The molecule has 2 N–H and O–H groups in total. The molecule has 0 aliphatic rings. The van der Waals surface area contributed by atoms with Crippen molar-refractivity contribution in [1.82, 2.24) is 9.97 Å². The number of allylic oxidation sites excluding steroid dienone is 1. The van der Waals surface area contributed by atoms with Crippen molar-refractivity contribution < 1.29 is 19.4 Å². The summed E-state index contributed by atoms with van der Waals surface area (Å²) in [6, 6.07) is 11.5. The lowest BCUT2D eigenvalue weighted by Gasteiger charge is -2.13. The predicted octanol–water partition coefficient (Wildman–Crippen LogP) is 4.40.